The topological polar surface area (TPSA) is 147 Å². The van der Waals surface area contributed by atoms with E-state index in [1.165, 1.54) is 0 Å². The van der Waals surface area contributed by atoms with Gasteiger partial charge in [0.2, 0.25) is 6.29 Å². The highest BCUT2D eigenvalue weighted by Crippen LogP contribution is 2.13. The summed E-state index contributed by atoms with van der Waals surface area (Å²) >= 11 is 0. The molecule has 1 atom stereocenters. The number of nitrogens with zero attached hydrogens (tertiary/aromatic N) is 2. The fraction of sp³-hybridized carbons (Fsp3) is 0.667. The zero-order valence-electron chi connectivity index (χ0n) is 10.9. The number of allylic oxidation sites excluding steroid dienone is 1. The highest BCUT2D eigenvalue weighted by atomic mass is 32.3. The van der Waals surface area contributed by atoms with Crippen LogP contribution in [0, 0.1) is 0 Å². The average molecular weight is 310 g/mol. The maximum Gasteiger partial charge on any atom is 0.418 e. The number of nitrogens with one attached hydrogen (secondary N) is 1. The number of hydrogen-bond donors (Lipinski definition) is 3. The van der Waals surface area contributed by atoms with Crippen molar-refractivity contribution in [3.8, 4) is 0 Å². The second-order valence-corrected chi connectivity index (χ2v) is 5.19. The van der Waals surface area contributed by atoms with Crippen molar-refractivity contribution in [2.24, 2.45) is 5.73 Å². The maximum atomic E-state index is 10.7. The molecule has 10 nitrogen and oxygen atoms in total. The molecule has 0 aromatic rings. The molecule has 11 heteroatoms. The summed E-state index contributed by atoms with van der Waals surface area (Å²) in [5.41, 5.74) is 6.23. The Hall–Kier alpha value is -1.24. The van der Waals surface area contributed by atoms with Gasteiger partial charge in [-0.05, 0) is 6.92 Å². The van der Waals surface area contributed by atoms with E-state index in [0.29, 0.717) is 18.9 Å². The summed E-state index contributed by atoms with van der Waals surface area (Å²) in [7, 11) is -4.61. The van der Waals surface area contributed by atoms with E-state index in [2.05, 4.69) is 9.60 Å². The zero-order chi connectivity index (χ0) is 14.0. The molecule has 1 unspecified atom stereocenters. The third-order valence-electron chi connectivity index (χ3n) is 2.77. The minimum Gasteiger partial charge on any atom is -0.870 e. The van der Waals surface area contributed by atoms with Gasteiger partial charge < -0.3 is 10.2 Å². The molecule has 0 aliphatic carbocycles. The van der Waals surface area contributed by atoms with Crippen molar-refractivity contribution >= 4 is 16.2 Å². The molecule has 2 aliphatic rings. The van der Waals surface area contributed by atoms with E-state index in [9.17, 15) is 8.42 Å². The van der Waals surface area contributed by atoms with Crippen LogP contribution in [-0.4, -0.2) is 66.5 Å². The van der Waals surface area contributed by atoms with E-state index in [1.54, 1.807) is 13.0 Å². The number of nitrogens with two attached hydrogens (primary N) is 1. The Balaban J connectivity index is 0.00000200. The van der Waals surface area contributed by atoms with E-state index in [4.69, 9.17) is 15.0 Å². The number of rotatable bonds is 2. The molecular formula is C9H18N4O6S. The molecule has 0 bridgehead atoms. The molecule has 0 aromatic heterocycles. The lowest BCUT2D eigenvalue weighted by Crippen LogP contribution is -2.58. The summed E-state index contributed by atoms with van der Waals surface area (Å²) in [6, 6.07) is 0. The number of hydrogen-bond acceptors (Lipinski definition) is 7. The molecule has 0 aromatic carbocycles. The quantitative estimate of drug-likeness (QED) is 0.390. The predicted molar refractivity (Wildman–Crippen MR) is 67.1 cm³/mol. The third-order valence-corrected chi connectivity index (χ3v) is 3.12. The van der Waals surface area contributed by atoms with Crippen LogP contribution in [-0.2, 0) is 19.4 Å². The number of ether oxygens (including phenoxy) is 1. The molecule has 0 saturated carbocycles. The SMILES string of the molecule is CC1=CC(=[N+]2CCOCC2)NC(N)N1OS(=O)(=O)O.[OH-]. The predicted octanol–water partition coefficient (Wildman–Crippen LogP) is -1.96. The largest absolute Gasteiger partial charge is 0.870 e. The van der Waals surface area contributed by atoms with Crippen molar-refractivity contribution in [1.29, 1.82) is 0 Å². The van der Waals surface area contributed by atoms with Crippen LogP contribution in [0.1, 0.15) is 6.92 Å². The number of amidine groups is 1. The zero-order valence-corrected chi connectivity index (χ0v) is 11.7. The van der Waals surface area contributed by atoms with E-state index >= 15 is 0 Å². The second kappa shape index (κ2) is 6.47. The minimum absolute atomic E-state index is 0. The molecule has 2 rings (SSSR count). The molecule has 2 heterocycles. The van der Waals surface area contributed by atoms with Gasteiger partial charge in [0.15, 0.2) is 0 Å². The summed E-state index contributed by atoms with van der Waals surface area (Å²) in [5, 5.41) is 3.79. The molecule has 5 N–H and O–H groups in total. The Labute approximate surface area is 116 Å². The molecule has 2 aliphatic heterocycles. The summed E-state index contributed by atoms with van der Waals surface area (Å²) in [6.07, 6.45) is 0.782. The van der Waals surface area contributed by atoms with E-state index < -0.39 is 16.7 Å². The van der Waals surface area contributed by atoms with Crippen molar-refractivity contribution in [3.63, 3.8) is 0 Å². The van der Waals surface area contributed by atoms with Crippen molar-refractivity contribution in [3.05, 3.63) is 11.8 Å². The number of morpholine rings is 1. The van der Waals surface area contributed by atoms with Gasteiger partial charge in [-0.15, -0.1) is 4.28 Å². The first-order valence-electron chi connectivity index (χ1n) is 5.73. The molecule has 116 valence electrons. The Morgan fingerprint density at radius 2 is 2.15 bits per heavy atom. The molecule has 1 fully saturated rings. The van der Waals surface area contributed by atoms with Gasteiger partial charge >= 0.3 is 10.4 Å². The Morgan fingerprint density at radius 3 is 2.65 bits per heavy atom. The molecule has 20 heavy (non-hydrogen) atoms. The second-order valence-electron chi connectivity index (χ2n) is 4.19. The van der Waals surface area contributed by atoms with Gasteiger partial charge in [0.25, 0.3) is 5.84 Å². The Bertz CT molecular complexity index is 509. The van der Waals surface area contributed by atoms with Gasteiger partial charge in [0.1, 0.15) is 13.1 Å². The van der Waals surface area contributed by atoms with E-state index in [0.717, 1.165) is 24.0 Å². The summed E-state index contributed by atoms with van der Waals surface area (Å²) in [4.78, 5) is 0. The van der Waals surface area contributed by atoms with Crippen LogP contribution in [0.2, 0.25) is 0 Å². The molecular weight excluding hydrogens is 292 g/mol. The summed E-state index contributed by atoms with van der Waals surface area (Å²) in [5.74, 6) is 0.767. The van der Waals surface area contributed by atoms with Gasteiger partial charge in [-0.25, -0.2) is 5.32 Å². The first kappa shape index (κ1) is 16.8. The van der Waals surface area contributed by atoms with Crippen LogP contribution < -0.4 is 11.1 Å². The van der Waals surface area contributed by atoms with Gasteiger partial charge in [0.05, 0.1) is 18.9 Å². The normalized spacial score (nSPS) is 23.9. The van der Waals surface area contributed by atoms with Crippen LogP contribution in [0.5, 0.6) is 0 Å². The fourth-order valence-corrected chi connectivity index (χ4v) is 2.34. The van der Waals surface area contributed by atoms with Crippen molar-refractivity contribution in [2.75, 3.05) is 26.3 Å². The fourth-order valence-electron chi connectivity index (χ4n) is 1.93. The Kier molecular flexibility index (Phi) is 5.44. The van der Waals surface area contributed by atoms with Crippen molar-refractivity contribution < 1.29 is 32.0 Å². The third kappa shape index (κ3) is 4.13. The minimum atomic E-state index is -4.61. The lowest BCUT2D eigenvalue weighted by atomic mass is 10.3. The van der Waals surface area contributed by atoms with Crippen molar-refractivity contribution in [1.82, 2.24) is 10.4 Å². The average Bonchev–Trinajstić information content (AvgIpc) is 2.33. The van der Waals surface area contributed by atoms with E-state index in [-0.39, 0.29) is 5.48 Å². The molecule has 0 amide bonds. The summed E-state index contributed by atoms with van der Waals surface area (Å²) < 4.78 is 41.8. The molecule has 0 spiro atoms. The standard InChI is InChI=1S/C9H16N4O5S.H2O/c1-7-6-8(12-2-4-17-5-3-12)11-9(10)13(7)18-19(14,15)16;/h6,9H,2-5,10H2,1H3,(H,14,15,16);1H2. The number of hydroxylamine groups is 2. The van der Waals surface area contributed by atoms with Gasteiger partial charge in [0, 0.05) is 6.08 Å². The van der Waals surface area contributed by atoms with Crippen molar-refractivity contribution in [2.45, 2.75) is 13.2 Å². The lowest BCUT2D eigenvalue weighted by molar-refractivity contribution is -0.550. The van der Waals surface area contributed by atoms with Crippen LogP contribution in [0.25, 0.3) is 0 Å². The maximum absolute atomic E-state index is 10.7. The molecule has 1 saturated heterocycles. The van der Waals surface area contributed by atoms with Crippen LogP contribution >= 0.6 is 0 Å². The highest BCUT2D eigenvalue weighted by Gasteiger charge is 2.32. The van der Waals surface area contributed by atoms with Crippen LogP contribution in [0.3, 0.4) is 0 Å². The first-order chi connectivity index (χ1) is 8.87. The van der Waals surface area contributed by atoms with Crippen LogP contribution in [0.4, 0.5) is 0 Å². The first-order valence-corrected chi connectivity index (χ1v) is 7.09. The molecule has 0 radical (unpaired) electrons. The monoisotopic (exact) mass is 310 g/mol. The summed E-state index contributed by atoms with van der Waals surface area (Å²) in [6.45, 7) is 4.32. The van der Waals surface area contributed by atoms with Gasteiger partial charge in [-0.1, -0.05) is 0 Å². The van der Waals surface area contributed by atoms with E-state index in [1.807, 2.05) is 4.58 Å². The lowest BCUT2D eigenvalue weighted by Gasteiger charge is -2.30. The van der Waals surface area contributed by atoms with Gasteiger partial charge in [-0.2, -0.15) is 13.5 Å². The smallest absolute Gasteiger partial charge is 0.418 e. The Morgan fingerprint density at radius 1 is 1.55 bits per heavy atom. The van der Waals surface area contributed by atoms with Gasteiger partial charge in [-0.3, -0.25) is 14.9 Å². The van der Waals surface area contributed by atoms with Crippen LogP contribution in [0.15, 0.2) is 11.8 Å². The highest BCUT2D eigenvalue weighted by molar-refractivity contribution is 7.80.